The van der Waals surface area contributed by atoms with Crippen molar-refractivity contribution in [3.05, 3.63) is 0 Å². The van der Waals surface area contributed by atoms with E-state index in [0.29, 0.717) is 44.9 Å². The quantitative estimate of drug-likeness (QED) is 0.0629. The minimum Gasteiger partial charge on any atom is -0.382 e. The van der Waals surface area contributed by atoms with Gasteiger partial charge in [0.1, 0.15) is 92.8 Å². The summed E-state index contributed by atoms with van der Waals surface area (Å²) in [6, 6.07) is -2.88. The first kappa shape index (κ1) is 79.5. The molecule has 7 aliphatic heterocycles. The Kier molecular flexibility index (Phi) is 29.3. The van der Waals surface area contributed by atoms with Gasteiger partial charge in [0.25, 0.3) is 0 Å². The first-order chi connectivity index (χ1) is 40.6. The highest BCUT2D eigenvalue weighted by molar-refractivity contribution is 8.10. The number of ether oxygens (including phenoxy) is 13. The third-order valence-electron chi connectivity index (χ3n) is 15.5. The van der Waals surface area contributed by atoms with Crippen LogP contribution in [0.3, 0.4) is 0 Å². The van der Waals surface area contributed by atoms with E-state index in [1.807, 2.05) is 83.1 Å². The molecule has 7 heterocycles. The van der Waals surface area contributed by atoms with Crippen LogP contribution in [0.25, 0.3) is 0 Å². The topological polar surface area (TPSA) is 260 Å². The smallest absolute Gasteiger partial charge is 0.359 e. The van der Waals surface area contributed by atoms with Gasteiger partial charge >= 0.3 is 15.2 Å². The second-order valence-corrected chi connectivity index (χ2v) is 36.4. The zero-order valence-electron chi connectivity index (χ0n) is 56.1. The maximum atomic E-state index is 13.2. The van der Waals surface area contributed by atoms with Gasteiger partial charge in [-0.1, -0.05) is 20.8 Å². The predicted molar refractivity (Wildman–Crippen MR) is 343 cm³/mol. The monoisotopic (exact) mass is 1340 g/mol. The van der Waals surface area contributed by atoms with Crippen LogP contribution in [-0.2, 0) is 101 Å². The average molecular weight is 1340 g/mol. The van der Waals surface area contributed by atoms with Crippen molar-refractivity contribution in [1.82, 2.24) is 0 Å². The van der Waals surface area contributed by atoms with Gasteiger partial charge in [-0.3, -0.25) is 13.7 Å². The Morgan fingerprint density at radius 1 is 0.511 bits per heavy atom. The van der Waals surface area contributed by atoms with Gasteiger partial charge in [0.15, 0.2) is 10.7 Å². The number of fused-ring (bicyclic) bond motifs is 2. The summed E-state index contributed by atoms with van der Waals surface area (Å²) in [6.07, 6.45) is 0.673. The van der Waals surface area contributed by atoms with Crippen molar-refractivity contribution in [2.45, 2.75) is 324 Å². The second kappa shape index (κ2) is 32.5. The van der Waals surface area contributed by atoms with Crippen LogP contribution in [0.1, 0.15) is 176 Å². The molecule has 12 radical (unpaired) electrons. The van der Waals surface area contributed by atoms with Crippen molar-refractivity contribution in [2.75, 3.05) is 26.4 Å². The minimum atomic E-state index is -4.24. The summed E-state index contributed by atoms with van der Waals surface area (Å²) in [5, 5.41) is -3.97. The van der Waals surface area contributed by atoms with Crippen LogP contribution in [-0.4, -0.2) is 237 Å². The van der Waals surface area contributed by atoms with Crippen LogP contribution in [0.15, 0.2) is 0 Å². The molecule has 7 saturated heterocycles. The molecule has 22 unspecified atom stereocenters. The van der Waals surface area contributed by atoms with E-state index in [0.717, 1.165) is 6.42 Å². The van der Waals surface area contributed by atoms with Gasteiger partial charge in [-0.25, -0.2) is 0 Å². The minimum absolute atomic E-state index is 0.0902. The lowest BCUT2D eigenvalue weighted by molar-refractivity contribution is -0.153. The molecule has 0 aromatic rings. The fraction of sp³-hybridized carbons (Fsp3) is 1.00. The van der Waals surface area contributed by atoms with E-state index in [1.54, 1.807) is 13.8 Å². The summed E-state index contributed by atoms with van der Waals surface area (Å²) < 4.78 is 133. The molecule has 2 bridgehead atoms. The molecule has 22 atom stereocenters. The molecule has 0 spiro atoms. The Bertz CT molecular complexity index is 2270. The second-order valence-electron chi connectivity index (χ2n) is 27.8. The zero-order valence-corrected chi connectivity index (χ0v) is 59.5. The molecule has 7 rings (SSSR count). The molecule has 496 valence electrons. The van der Waals surface area contributed by atoms with Crippen molar-refractivity contribution in [3.63, 3.8) is 0 Å². The van der Waals surface area contributed by atoms with Crippen molar-refractivity contribution in [2.24, 2.45) is 0 Å². The highest BCUT2D eigenvalue weighted by Crippen LogP contribution is 2.60. The van der Waals surface area contributed by atoms with E-state index in [1.165, 1.54) is 27.7 Å². The predicted octanol–water partition coefficient (Wildman–Crippen LogP) is 7.38. The standard InChI is InChI=1S/C19H33B2O8P.C18H33B2O7P.C18H33B2O6PS.HOP/c1-7-11-12(8-13(20)26-11)27-18(5,6)30(22,23)25-10-19-9-24-14(16(21)29-19)15(19)28-17(2,3)4;1-7-11-12(8-15(19)24-11)27-18(5,6)28(21,22)23-10-14-13(9-16(20)25-14)26-17(2,3)4;1-7-11-12(8-15(19)23-11)26-18(5,6)27(21,28)22-10-14-13(9-16(20)24-14)25-17(2,3)4;1-2/h11-16H,7-10H2,1-6H3,(H,22,23);11-16H,7-10H2,1-6H3,(H,21,22);11-16H,7-10H2,1-6H3,(H,21,28);2H/i;;;2T. The molecule has 0 aliphatic carbocycles. The fourth-order valence-electron chi connectivity index (χ4n) is 11.1. The summed E-state index contributed by atoms with van der Waals surface area (Å²) in [4.78, 5) is 32.3. The zero-order chi connectivity index (χ0) is 67.9. The highest BCUT2D eigenvalue weighted by Gasteiger charge is 2.63. The third-order valence-corrected chi connectivity index (χ3v) is 23.1. The molecule has 0 amide bonds. The Balaban J connectivity index is 0.000000279. The van der Waals surface area contributed by atoms with E-state index in [2.05, 4.69) is 0 Å². The number of hydrogen-bond donors (Lipinski definition) is 3. The van der Waals surface area contributed by atoms with Crippen LogP contribution >= 0.6 is 30.7 Å². The summed E-state index contributed by atoms with van der Waals surface area (Å²) in [5.74, 6) is 0. The Hall–Kier alpha value is 0.840. The first-order valence-electron chi connectivity index (χ1n) is 30.9. The molecule has 3 N–H and O–H groups in total. The Morgan fingerprint density at radius 3 is 1.15 bits per heavy atom. The first-order valence-corrected chi connectivity index (χ1v) is 36.6. The van der Waals surface area contributed by atoms with E-state index >= 15 is 0 Å². The third kappa shape index (κ3) is 22.7. The average Bonchev–Trinajstić information content (AvgIpc) is 1.75. The van der Waals surface area contributed by atoms with Crippen molar-refractivity contribution < 1.29 is 104 Å². The molecule has 22 nitrogen and oxygen atoms in total. The van der Waals surface area contributed by atoms with Gasteiger partial charge < -0.3 is 89.8 Å². The highest BCUT2D eigenvalue weighted by atomic mass is 32.5. The van der Waals surface area contributed by atoms with Gasteiger partial charge in [0.2, 0.25) is 6.49 Å². The Morgan fingerprint density at radius 2 is 0.818 bits per heavy atom. The van der Waals surface area contributed by atoms with Gasteiger partial charge in [-0.05, 0) is 167 Å². The summed E-state index contributed by atoms with van der Waals surface area (Å²) in [7, 11) is 26.4. The van der Waals surface area contributed by atoms with Crippen LogP contribution < -0.4 is 0 Å². The van der Waals surface area contributed by atoms with E-state index in [-0.39, 0.29) is 80.8 Å². The fourth-order valence-corrected chi connectivity index (χ4v) is 14.2. The largest absolute Gasteiger partial charge is 0.382 e. The van der Waals surface area contributed by atoms with Crippen molar-refractivity contribution in [1.29, 1.82) is 1.28 Å². The van der Waals surface area contributed by atoms with E-state index in [4.69, 9.17) is 140 Å². The van der Waals surface area contributed by atoms with E-state index in [9.17, 15) is 23.8 Å². The number of rotatable bonds is 24. The number of hydrogen-bond acceptors (Lipinski definition) is 20. The molecule has 7 aliphatic rings. The lowest BCUT2D eigenvalue weighted by Crippen LogP contribution is -2.49. The maximum absolute atomic E-state index is 13.2. The normalized spacial score (nSPS) is 37.6. The van der Waals surface area contributed by atoms with Crippen LogP contribution in [0.2, 0.25) is 0 Å². The maximum Gasteiger partial charge on any atom is 0.359 e. The SMILES string of the molecule is [3H]P=O.[B]C1CC(OC(C)(C)C)C(COP(=O)(O)C(C)(C)OC2CC([B])OC2CC)O1.[B]C1CC(OC(C)(C)C)C(COP(O)(=S)C(C)(C)OC2CC([B])OC2CC)O1.[B]C1CC(OC(C)(C)P(=O)(O)OCC23COC(C([B])O2)C3OC(C)(C)C)C(CC)O1. The van der Waals surface area contributed by atoms with Crippen molar-refractivity contribution >= 4 is 89.6 Å². The lowest BCUT2D eigenvalue weighted by atomic mass is 9.91. The van der Waals surface area contributed by atoms with Gasteiger partial charge in [-0.15, -0.1) is 0 Å². The van der Waals surface area contributed by atoms with Crippen LogP contribution in [0.5, 0.6) is 0 Å². The summed E-state index contributed by atoms with van der Waals surface area (Å²) in [5.41, 5.74) is -2.26. The molecule has 0 aromatic carbocycles. The lowest BCUT2D eigenvalue weighted by Gasteiger charge is -2.37. The molecule has 88 heavy (non-hydrogen) atoms. The van der Waals surface area contributed by atoms with Gasteiger partial charge in [0.05, 0.1) is 92.1 Å². The van der Waals surface area contributed by atoms with Gasteiger partial charge in [0, 0.05) is 36.0 Å². The van der Waals surface area contributed by atoms with Gasteiger partial charge in [-0.2, -0.15) is 0 Å². The molecule has 0 aromatic heterocycles. The van der Waals surface area contributed by atoms with E-state index < -0.39 is 124 Å². The molecular weight excluding hydrogens is 1230 g/mol. The van der Waals surface area contributed by atoms with Crippen LogP contribution in [0.4, 0.5) is 0 Å². The molecular formula is C55H100B6O22P4S. The van der Waals surface area contributed by atoms with Crippen molar-refractivity contribution in [3.8, 4) is 0 Å². The molecule has 7 fully saturated rings. The Labute approximate surface area is 542 Å². The molecule has 0 saturated carbocycles. The molecule has 33 heteroatoms. The summed E-state index contributed by atoms with van der Waals surface area (Å²) >= 11 is 5.45. The van der Waals surface area contributed by atoms with Crippen LogP contribution in [0, 0.1) is 0 Å². The summed E-state index contributed by atoms with van der Waals surface area (Å²) in [6.45, 7) is 29.6.